The molecule has 0 spiro atoms. The lowest BCUT2D eigenvalue weighted by molar-refractivity contribution is 0.414. The maximum atomic E-state index is 11.6. The molecule has 3 rings (SSSR count). The summed E-state index contributed by atoms with van der Waals surface area (Å²) >= 11 is 6.28. The Balaban J connectivity index is 1.89. The van der Waals surface area contributed by atoms with Gasteiger partial charge in [-0.25, -0.2) is 8.42 Å². The van der Waals surface area contributed by atoms with Gasteiger partial charge in [-0.1, -0.05) is 36.2 Å². The summed E-state index contributed by atoms with van der Waals surface area (Å²) < 4.78 is 28.5. The van der Waals surface area contributed by atoms with Crippen molar-refractivity contribution in [3.63, 3.8) is 0 Å². The van der Waals surface area contributed by atoms with Crippen molar-refractivity contribution in [3.05, 3.63) is 58.6 Å². The normalized spacial score (nSPS) is 21.0. The molecule has 0 aliphatic heterocycles. The van der Waals surface area contributed by atoms with Gasteiger partial charge in [0.2, 0.25) is 0 Å². The Morgan fingerprint density at radius 3 is 2.12 bits per heavy atom. The highest BCUT2D eigenvalue weighted by Crippen LogP contribution is 2.47. The van der Waals surface area contributed by atoms with Crippen LogP contribution in [-0.4, -0.2) is 21.8 Å². The van der Waals surface area contributed by atoms with Crippen molar-refractivity contribution in [2.75, 3.05) is 13.4 Å². The van der Waals surface area contributed by atoms with Gasteiger partial charge in [-0.3, -0.25) is 0 Å². The molecule has 24 heavy (non-hydrogen) atoms. The molecule has 0 radical (unpaired) electrons. The van der Waals surface area contributed by atoms with Gasteiger partial charge in [0.25, 0.3) is 0 Å². The molecule has 3 nitrogen and oxygen atoms in total. The van der Waals surface area contributed by atoms with Crippen LogP contribution < -0.4 is 4.74 Å². The minimum absolute atomic E-state index is 0.369. The van der Waals surface area contributed by atoms with Crippen LogP contribution in [0.25, 0.3) is 0 Å². The summed E-state index contributed by atoms with van der Waals surface area (Å²) in [6.07, 6.45) is 4.61. The van der Waals surface area contributed by atoms with Crippen LogP contribution in [-0.2, 0) is 9.84 Å². The molecule has 2 atom stereocenters. The average Bonchev–Trinajstić information content (AvgIpc) is 3.03. The second kappa shape index (κ2) is 6.77. The number of halogens is 1. The molecule has 5 heteroatoms. The van der Waals surface area contributed by atoms with E-state index in [4.69, 9.17) is 16.3 Å². The topological polar surface area (TPSA) is 43.4 Å². The highest BCUT2D eigenvalue weighted by molar-refractivity contribution is 7.90. The smallest absolute Gasteiger partial charge is 0.175 e. The fourth-order valence-electron chi connectivity index (χ4n) is 3.63. The Morgan fingerprint density at radius 1 is 1.00 bits per heavy atom. The van der Waals surface area contributed by atoms with E-state index in [9.17, 15) is 8.42 Å². The number of rotatable bonds is 4. The zero-order chi connectivity index (χ0) is 17.3. The first kappa shape index (κ1) is 17.3. The zero-order valence-electron chi connectivity index (χ0n) is 13.8. The van der Waals surface area contributed by atoms with Crippen molar-refractivity contribution in [2.24, 2.45) is 0 Å². The van der Waals surface area contributed by atoms with E-state index in [0.717, 1.165) is 19.3 Å². The third kappa shape index (κ3) is 3.45. The summed E-state index contributed by atoms with van der Waals surface area (Å²) in [7, 11) is -1.54. The van der Waals surface area contributed by atoms with Crippen molar-refractivity contribution in [2.45, 2.75) is 36.0 Å². The fourth-order valence-corrected chi connectivity index (χ4v) is 4.53. The molecule has 0 N–H and O–H groups in total. The highest BCUT2D eigenvalue weighted by Gasteiger charge is 2.30. The molecule has 0 saturated heterocycles. The highest BCUT2D eigenvalue weighted by atomic mass is 35.5. The molecular weight excluding hydrogens is 344 g/mol. The van der Waals surface area contributed by atoms with Crippen molar-refractivity contribution < 1.29 is 13.2 Å². The predicted octanol–water partition coefficient (Wildman–Crippen LogP) is 4.80. The van der Waals surface area contributed by atoms with E-state index >= 15 is 0 Å². The molecular formula is C19H21ClO3S. The first-order valence-electron chi connectivity index (χ1n) is 8.03. The molecule has 2 aromatic rings. The van der Waals surface area contributed by atoms with Gasteiger partial charge in [0, 0.05) is 6.26 Å². The second-order valence-corrected chi connectivity index (χ2v) is 8.80. The summed E-state index contributed by atoms with van der Waals surface area (Å²) in [5.41, 5.74) is 2.41. The van der Waals surface area contributed by atoms with E-state index < -0.39 is 9.84 Å². The lowest BCUT2D eigenvalue weighted by atomic mass is 9.84. The van der Waals surface area contributed by atoms with Crippen LogP contribution in [0.4, 0.5) is 0 Å². The van der Waals surface area contributed by atoms with Gasteiger partial charge in [0.15, 0.2) is 9.84 Å². The summed E-state index contributed by atoms with van der Waals surface area (Å²) in [5.74, 6) is 1.48. The van der Waals surface area contributed by atoms with E-state index in [2.05, 4.69) is 6.07 Å². The standard InChI is InChI=1S/C19H21ClO3S/c1-23-19-11-8-14(12-18(19)20)17-5-3-4-16(17)13-6-9-15(10-7-13)24(2,21)22/h6-12,16-17H,3-5H2,1-2H3. The van der Waals surface area contributed by atoms with Gasteiger partial charge in [-0.05, 0) is 60.1 Å². The minimum atomic E-state index is -3.15. The Hall–Kier alpha value is -1.52. The molecule has 2 aromatic carbocycles. The van der Waals surface area contributed by atoms with Crippen LogP contribution in [0.15, 0.2) is 47.4 Å². The molecule has 0 bridgehead atoms. The van der Waals surface area contributed by atoms with E-state index in [-0.39, 0.29) is 0 Å². The summed E-state index contributed by atoms with van der Waals surface area (Å²) in [5, 5.41) is 0.632. The molecule has 0 amide bonds. The maximum Gasteiger partial charge on any atom is 0.175 e. The molecule has 128 valence electrons. The number of hydrogen-bond acceptors (Lipinski definition) is 3. The quantitative estimate of drug-likeness (QED) is 0.782. The first-order valence-corrected chi connectivity index (χ1v) is 10.3. The van der Waals surface area contributed by atoms with Crippen LogP contribution in [0.3, 0.4) is 0 Å². The maximum absolute atomic E-state index is 11.6. The van der Waals surface area contributed by atoms with Crippen molar-refractivity contribution in [1.82, 2.24) is 0 Å². The third-order valence-corrected chi connectivity index (χ3v) is 6.28. The largest absolute Gasteiger partial charge is 0.495 e. The third-order valence-electron chi connectivity index (χ3n) is 4.86. The van der Waals surface area contributed by atoms with Crippen molar-refractivity contribution in [3.8, 4) is 5.75 Å². The van der Waals surface area contributed by atoms with E-state index in [1.165, 1.54) is 17.4 Å². The summed E-state index contributed by atoms with van der Waals surface area (Å²) in [6.45, 7) is 0. The van der Waals surface area contributed by atoms with E-state index in [0.29, 0.717) is 27.5 Å². The molecule has 1 aliphatic carbocycles. The van der Waals surface area contributed by atoms with Crippen LogP contribution in [0.1, 0.15) is 42.2 Å². The Bertz CT molecular complexity index is 828. The number of hydrogen-bond donors (Lipinski definition) is 0. The summed E-state index contributed by atoms with van der Waals surface area (Å²) in [6, 6.07) is 13.3. The van der Waals surface area contributed by atoms with Gasteiger partial charge in [-0.15, -0.1) is 0 Å². The lowest BCUT2D eigenvalue weighted by Crippen LogP contribution is -2.06. The Labute approximate surface area is 148 Å². The van der Waals surface area contributed by atoms with Gasteiger partial charge < -0.3 is 4.74 Å². The second-order valence-electron chi connectivity index (χ2n) is 6.38. The van der Waals surface area contributed by atoms with E-state index in [1.807, 2.05) is 24.3 Å². The number of methoxy groups -OCH3 is 1. The van der Waals surface area contributed by atoms with Gasteiger partial charge in [0.1, 0.15) is 5.75 Å². The molecule has 2 unspecified atom stereocenters. The molecule has 1 fully saturated rings. The Kier molecular flexibility index (Phi) is 4.88. The number of sulfone groups is 1. The van der Waals surface area contributed by atoms with Crippen molar-refractivity contribution in [1.29, 1.82) is 0 Å². The average molecular weight is 365 g/mol. The molecule has 0 heterocycles. The van der Waals surface area contributed by atoms with Gasteiger partial charge in [-0.2, -0.15) is 0 Å². The summed E-state index contributed by atoms with van der Waals surface area (Å²) in [4.78, 5) is 0.369. The monoisotopic (exact) mass is 364 g/mol. The zero-order valence-corrected chi connectivity index (χ0v) is 15.4. The van der Waals surface area contributed by atoms with Crippen LogP contribution >= 0.6 is 11.6 Å². The van der Waals surface area contributed by atoms with E-state index in [1.54, 1.807) is 19.2 Å². The fraction of sp³-hybridized carbons (Fsp3) is 0.368. The van der Waals surface area contributed by atoms with Crippen LogP contribution in [0, 0.1) is 0 Å². The first-order chi connectivity index (χ1) is 11.4. The predicted molar refractivity (Wildman–Crippen MR) is 96.9 cm³/mol. The van der Waals surface area contributed by atoms with Crippen LogP contribution in [0.2, 0.25) is 5.02 Å². The molecule has 0 aromatic heterocycles. The lowest BCUT2D eigenvalue weighted by Gasteiger charge is -2.21. The van der Waals surface area contributed by atoms with Crippen LogP contribution in [0.5, 0.6) is 5.75 Å². The van der Waals surface area contributed by atoms with Gasteiger partial charge in [0.05, 0.1) is 17.0 Å². The number of ether oxygens (including phenoxy) is 1. The Morgan fingerprint density at radius 2 is 1.58 bits per heavy atom. The molecule has 1 aliphatic rings. The molecule has 1 saturated carbocycles. The minimum Gasteiger partial charge on any atom is -0.495 e. The SMILES string of the molecule is COc1ccc(C2CCCC2c2ccc(S(C)(=O)=O)cc2)cc1Cl. The number of benzene rings is 2. The van der Waals surface area contributed by atoms with Crippen molar-refractivity contribution >= 4 is 21.4 Å². The van der Waals surface area contributed by atoms with Gasteiger partial charge >= 0.3 is 0 Å².